The van der Waals surface area contributed by atoms with Crippen LogP contribution >= 0.6 is 0 Å². The number of aryl methyl sites for hydroxylation is 1. The summed E-state index contributed by atoms with van der Waals surface area (Å²) in [5.74, 6) is -0.0854. The van der Waals surface area contributed by atoms with Crippen molar-refractivity contribution in [1.29, 1.82) is 0 Å². The molecule has 1 aromatic rings. The summed E-state index contributed by atoms with van der Waals surface area (Å²) in [6.07, 6.45) is 6.76. The van der Waals surface area contributed by atoms with Gasteiger partial charge in [-0.05, 0) is 26.3 Å². The highest BCUT2D eigenvalue weighted by Gasteiger charge is 2.17. The molecule has 0 radical (unpaired) electrons. The van der Waals surface area contributed by atoms with Crippen LogP contribution in [0, 0.1) is 6.92 Å². The summed E-state index contributed by atoms with van der Waals surface area (Å²) in [5.41, 5.74) is 0.782. The zero-order valence-electron chi connectivity index (χ0n) is 10.1. The lowest BCUT2D eigenvalue weighted by Gasteiger charge is -2.16. The Hall–Kier alpha value is -1.58. The monoisotopic (exact) mass is 222 g/mol. The van der Waals surface area contributed by atoms with Crippen LogP contribution in [0.15, 0.2) is 22.8 Å². The fourth-order valence-corrected chi connectivity index (χ4v) is 1.31. The van der Waals surface area contributed by atoms with Gasteiger partial charge in [-0.25, -0.2) is 0 Å². The van der Waals surface area contributed by atoms with Crippen LogP contribution in [-0.4, -0.2) is 17.4 Å². The molecule has 0 unspecified atom stereocenters. The summed E-state index contributed by atoms with van der Waals surface area (Å²) in [4.78, 5) is 17.5. The molecule has 4 nitrogen and oxygen atoms in total. The van der Waals surface area contributed by atoms with Crippen LogP contribution in [-0.2, 0) is 4.79 Å². The Morgan fingerprint density at radius 1 is 1.62 bits per heavy atom. The van der Waals surface area contributed by atoms with E-state index in [4.69, 9.17) is 4.42 Å². The van der Waals surface area contributed by atoms with Crippen LogP contribution in [0.25, 0.3) is 0 Å². The van der Waals surface area contributed by atoms with E-state index in [1.54, 1.807) is 17.2 Å². The van der Waals surface area contributed by atoms with E-state index < -0.39 is 0 Å². The van der Waals surface area contributed by atoms with E-state index in [1.807, 2.05) is 13.8 Å². The van der Waals surface area contributed by atoms with Gasteiger partial charge in [-0.3, -0.25) is 9.69 Å². The maximum atomic E-state index is 11.8. The van der Waals surface area contributed by atoms with Crippen LogP contribution in [0.5, 0.6) is 0 Å². The first-order chi connectivity index (χ1) is 7.69. The summed E-state index contributed by atoms with van der Waals surface area (Å²) in [5, 5.41) is 0. The molecule has 0 bridgehead atoms. The Morgan fingerprint density at radius 2 is 2.38 bits per heavy atom. The van der Waals surface area contributed by atoms with Gasteiger partial charge in [0.1, 0.15) is 6.26 Å². The Kier molecular flexibility index (Phi) is 4.76. The third-order valence-corrected chi connectivity index (χ3v) is 2.15. The zero-order valence-corrected chi connectivity index (χ0v) is 10.1. The van der Waals surface area contributed by atoms with Gasteiger partial charge in [0.25, 0.3) is 5.91 Å². The van der Waals surface area contributed by atoms with Gasteiger partial charge in [0.05, 0.1) is 5.69 Å². The molecule has 0 saturated heterocycles. The minimum atomic E-state index is -0.0854. The number of unbranched alkanes of at least 4 members (excludes halogenated alkanes) is 1. The Labute approximate surface area is 96.0 Å². The topological polar surface area (TPSA) is 46.3 Å². The molecule has 88 valence electrons. The summed E-state index contributed by atoms with van der Waals surface area (Å²) in [7, 11) is 0. The van der Waals surface area contributed by atoms with E-state index in [9.17, 15) is 4.79 Å². The number of hydrogen-bond acceptors (Lipinski definition) is 3. The van der Waals surface area contributed by atoms with Gasteiger partial charge in [-0.15, -0.1) is 0 Å². The fourth-order valence-electron chi connectivity index (χ4n) is 1.31. The Bertz CT molecular complexity index is 369. The second kappa shape index (κ2) is 6.10. The van der Waals surface area contributed by atoms with Gasteiger partial charge in [0.15, 0.2) is 0 Å². The number of aromatic nitrogens is 1. The molecule has 0 aliphatic carbocycles. The lowest BCUT2D eigenvalue weighted by molar-refractivity contribution is -0.114. The number of nitrogens with zero attached hydrogens (tertiary/aromatic N) is 2. The zero-order chi connectivity index (χ0) is 12.0. The molecule has 0 N–H and O–H groups in total. The summed E-state index contributed by atoms with van der Waals surface area (Å²) >= 11 is 0. The van der Waals surface area contributed by atoms with Gasteiger partial charge in [0, 0.05) is 6.54 Å². The number of rotatable bonds is 5. The van der Waals surface area contributed by atoms with Crippen LogP contribution in [0.1, 0.15) is 32.4 Å². The van der Waals surface area contributed by atoms with Crippen molar-refractivity contribution in [3.63, 3.8) is 0 Å². The number of oxazole rings is 1. The Morgan fingerprint density at radius 3 is 2.88 bits per heavy atom. The maximum Gasteiger partial charge on any atom is 0.304 e. The number of carbonyl (C=O) groups is 1. The van der Waals surface area contributed by atoms with E-state index >= 15 is 0 Å². The average Bonchev–Trinajstić information content (AvgIpc) is 2.66. The minimum Gasteiger partial charge on any atom is -0.431 e. The molecular weight excluding hydrogens is 204 g/mol. The molecule has 0 atom stereocenters. The summed E-state index contributed by atoms with van der Waals surface area (Å²) < 4.78 is 5.25. The van der Waals surface area contributed by atoms with Gasteiger partial charge in [-0.2, -0.15) is 4.98 Å². The summed E-state index contributed by atoms with van der Waals surface area (Å²) in [6, 6.07) is 0.383. The highest BCUT2D eigenvalue weighted by molar-refractivity contribution is 5.99. The van der Waals surface area contributed by atoms with Crippen LogP contribution in [0.4, 0.5) is 6.01 Å². The van der Waals surface area contributed by atoms with Gasteiger partial charge >= 0.3 is 6.01 Å². The molecule has 1 aromatic heterocycles. The third-order valence-electron chi connectivity index (χ3n) is 2.15. The highest BCUT2D eigenvalue weighted by atomic mass is 16.4. The predicted molar refractivity (Wildman–Crippen MR) is 63.3 cm³/mol. The van der Waals surface area contributed by atoms with Crippen LogP contribution in [0.2, 0.25) is 0 Å². The van der Waals surface area contributed by atoms with E-state index in [1.165, 1.54) is 6.08 Å². The lowest BCUT2D eigenvalue weighted by Crippen LogP contribution is -2.30. The fraction of sp³-hybridized carbons (Fsp3) is 0.500. The number of carbonyl (C=O) groups excluding carboxylic acids is 1. The molecular formula is C12H18N2O2. The second-order valence-corrected chi connectivity index (χ2v) is 3.61. The first-order valence-electron chi connectivity index (χ1n) is 5.55. The maximum absolute atomic E-state index is 11.8. The Balaban J connectivity index is 2.82. The van der Waals surface area contributed by atoms with Crippen LogP contribution in [0.3, 0.4) is 0 Å². The van der Waals surface area contributed by atoms with Gasteiger partial charge in [-0.1, -0.05) is 19.4 Å². The molecule has 1 rings (SSSR count). The van der Waals surface area contributed by atoms with E-state index in [2.05, 4.69) is 11.9 Å². The minimum absolute atomic E-state index is 0.0854. The number of amides is 1. The number of anilines is 1. The largest absolute Gasteiger partial charge is 0.431 e. The lowest BCUT2D eigenvalue weighted by atomic mass is 10.3. The van der Waals surface area contributed by atoms with Crippen molar-refractivity contribution < 1.29 is 9.21 Å². The highest BCUT2D eigenvalue weighted by Crippen LogP contribution is 2.14. The molecule has 0 aromatic carbocycles. The molecule has 0 aliphatic heterocycles. The molecule has 1 amide bonds. The normalized spacial score (nSPS) is 10.9. The molecule has 1 heterocycles. The van der Waals surface area contributed by atoms with Crippen molar-refractivity contribution >= 4 is 11.9 Å². The first-order valence-corrected chi connectivity index (χ1v) is 5.55. The summed E-state index contributed by atoms with van der Waals surface area (Å²) in [6.45, 7) is 6.38. The molecule has 0 spiro atoms. The van der Waals surface area contributed by atoms with Crippen molar-refractivity contribution in [2.24, 2.45) is 0 Å². The smallest absolute Gasteiger partial charge is 0.304 e. The molecule has 0 aliphatic rings. The third kappa shape index (κ3) is 3.22. The van der Waals surface area contributed by atoms with Crippen molar-refractivity contribution in [3.8, 4) is 0 Å². The molecule has 0 fully saturated rings. The van der Waals surface area contributed by atoms with Crippen molar-refractivity contribution in [2.75, 3.05) is 11.4 Å². The predicted octanol–water partition coefficient (Wildman–Crippen LogP) is 2.69. The SMILES string of the molecule is CC=CC(=O)N(CCCC)c1nc(C)co1. The average molecular weight is 222 g/mol. The van der Waals surface area contributed by atoms with Gasteiger partial charge < -0.3 is 4.42 Å². The van der Waals surface area contributed by atoms with E-state index in [0.29, 0.717) is 12.6 Å². The van der Waals surface area contributed by atoms with Crippen molar-refractivity contribution in [2.45, 2.75) is 33.6 Å². The number of hydrogen-bond donors (Lipinski definition) is 0. The van der Waals surface area contributed by atoms with Crippen molar-refractivity contribution in [3.05, 3.63) is 24.1 Å². The van der Waals surface area contributed by atoms with E-state index in [0.717, 1.165) is 18.5 Å². The van der Waals surface area contributed by atoms with Crippen LogP contribution < -0.4 is 4.90 Å². The standard InChI is InChI=1S/C12H18N2O2/c1-4-6-8-14(11(15)7-5-2)12-13-10(3)9-16-12/h5,7,9H,4,6,8H2,1-3H3. The molecule has 4 heteroatoms. The van der Waals surface area contributed by atoms with Gasteiger partial charge in [0.2, 0.25) is 0 Å². The molecule has 0 saturated carbocycles. The first kappa shape index (κ1) is 12.5. The molecule has 16 heavy (non-hydrogen) atoms. The second-order valence-electron chi connectivity index (χ2n) is 3.61. The van der Waals surface area contributed by atoms with Crippen molar-refractivity contribution in [1.82, 2.24) is 4.98 Å². The number of allylic oxidation sites excluding steroid dienone is 1. The quantitative estimate of drug-likeness (QED) is 0.719. The van der Waals surface area contributed by atoms with E-state index in [-0.39, 0.29) is 5.91 Å².